The van der Waals surface area contributed by atoms with Crippen molar-refractivity contribution in [2.24, 2.45) is 0 Å². The molecule has 1 unspecified atom stereocenters. The molecule has 1 saturated carbocycles. The quantitative estimate of drug-likeness (QED) is 0.326. The second kappa shape index (κ2) is 11.1. The summed E-state index contributed by atoms with van der Waals surface area (Å²) in [6.07, 6.45) is 3.68. The first-order valence-corrected chi connectivity index (χ1v) is 15.7. The van der Waals surface area contributed by atoms with Crippen molar-refractivity contribution in [1.29, 1.82) is 0 Å². The molecule has 2 amide bonds. The predicted molar refractivity (Wildman–Crippen MR) is 168 cm³/mol. The van der Waals surface area contributed by atoms with Gasteiger partial charge in [0.05, 0.1) is 40.1 Å². The molecule has 1 aromatic carbocycles. The normalized spacial score (nSPS) is 19.2. The fourth-order valence-electron chi connectivity index (χ4n) is 6.29. The number of pyridine rings is 2. The number of nitrogens with zero attached hydrogens (tertiary/aromatic N) is 6. The van der Waals surface area contributed by atoms with Gasteiger partial charge in [0, 0.05) is 36.4 Å². The van der Waals surface area contributed by atoms with Crippen molar-refractivity contribution in [3.63, 3.8) is 0 Å². The highest BCUT2D eigenvalue weighted by Gasteiger charge is 2.51. The molecule has 230 valence electrons. The number of thioether (sulfide) groups is 1. The summed E-state index contributed by atoms with van der Waals surface area (Å²) in [4.78, 5) is 57.7. The summed E-state index contributed by atoms with van der Waals surface area (Å²) in [5, 5.41) is 2.98. The van der Waals surface area contributed by atoms with Crippen LogP contribution in [0.15, 0.2) is 58.9 Å². The molecule has 10 nitrogen and oxygen atoms in total. The van der Waals surface area contributed by atoms with Crippen LogP contribution in [0.4, 0.5) is 20.3 Å². The van der Waals surface area contributed by atoms with Gasteiger partial charge in [-0.25, -0.2) is 23.1 Å². The Morgan fingerprint density at radius 2 is 1.96 bits per heavy atom. The minimum atomic E-state index is -0.844. The number of hydrogen-bond donors (Lipinski definition) is 1. The van der Waals surface area contributed by atoms with Crippen LogP contribution in [0.1, 0.15) is 38.3 Å². The van der Waals surface area contributed by atoms with Crippen molar-refractivity contribution in [1.82, 2.24) is 24.4 Å². The summed E-state index contributed by atoms with van der Waals surface area (Å²) in [5.74, 6) is -1.68. The number of hydrogen-bond acceptors (Lipinski definition) is 8. The van der Waals surface area contributed by atoms with Gasteiger partial charge in [0.15, 0.2) is 11.5 Å². The largest absolute Gasteiger partial charge is 0.355 e. The summed E-state index contributed by atoms with van der Waals surface area (Å²) in [6.45, 7) is 8.23. The van der Waals surface area contributed by atoms with Gasteiger partial charge in [0.1, 0.15) is 17.3 Å². The number of halogens is 2. The van der Waals surface area contributed by atoms with Crippen molar-refractivity contribution in [2.45, 2.75) is 49.6 Å². The van der Waals surface area contributed by atoms with Crippen molar-refractivity contribution in [3.05, 3.63) is 77.0 Å². The van der Waals surface area contributed by atoms with E-state index in [-0.39, 0.29) is 70.0 Å². The fourth-order valence-corrected chi connectivity index (χ4v) is 7.29. The lowest BCUT2D eigenvalue weighted by atomic mass is 10.1. The number of carbonyl (C=O) groups excluding carboxylic acids is 2. The molecule has 2 aliphatic heterocycles. The third-order valence-corrected chi connectivity index (χ3v) is 9.48. The van der Waals surface area contributed by atoms with Crippen LogP contribution >= 0.6 is 11.8 Å². The van der Waals surface area contributed by atoms with E-state index in [4.69, 9.17) is 0 Å². The van der Waals surface area contributed by atoms with Crippen LogP contribution < -0.4 is 15.9 Å². The number of nitrogens with one attached hydrogen (secondary N) is 1. The maximum atomic E-state index is 16.2. The van der Waals surface area contributed by atoms with Gasteiger partial charge in [-0.1, -0.05) is 26.5 Å². The van der Waals surface area contributed by atoms with Gasteiger partial charge in [-0.2, -0.15) is 4.98 Å². The maximum Gasteiger partial charge on any atom is 0.355 e. The molecule has 5 heterocycles. The number of amides is 2. The molecule has 2 atom stereocenters. The fraction of sp³-hybridized carbons (Fsp3) is 0.312. The number of fused-ring (bicyclic) bond motifs is 6. The Bertz CT molecular complexity index is 1980. The Morgan fingerprint density at radius 3 is 2.73 bits per heavy atom. The Kier molecular flexibility index (Phi) is 7.15. The monoisotopic (exact) mass is 629 g/mol. The van der Waals surface area contributed by atoms with Crippen LogP contribution in [-0.4, -0.2) is 67.2 Å². The lowest BCUT2D eigenvalue weighted by molar-refractivity contribution is -0.127. The second-order valence-electron chi connectivity index (χ2n) is 11.5. The molecule has 3 aliphatic rings. The van der Waals surface area contributed by atoms with Crippen LogP contribution in [0, 0.1) is 11.6 Å². The van der Waals surface area contributed by atoms with E-state index in [9.17, 15) is 14.4 Å². The zero-order valence-electron chi connectivity index (χ0n) is 24.6. The van der Waals surface area contributed by atoms with Crippen LogP contribution in [0.5, 0.6) is 0 Å². The first kappa shape index (κ1) is 29.1. The van der Waals surface area contributed by atoms with Gasteiger partial charge < -0.3 is 15.1 Å². The molecule has 45 heavy (non-hydrogen) atoms. The number of benzene rings is 1. The summed E-state index contributed by atoms with van der Waals surface area (Å²) in [5.41, 5.74) is -0.0343. The third kappa shape index (κ3) is 4.85. The molecule has 0 radical (unpaired) electrons. The van der Waals surface area contributed by atoms with E-state index in [0.29, 0.717) is 41.5 Å². The molecular weight excluding hydrogens is 600 g/mol. The molecule has 4 aromatic rings. The van der Waals surface area contributed by atoms with Crippen molar-refractivity contribution >= 4 is 46.1 Å². The minimum absolute atomic E-state index is 0.0732. The summed E-state index contributed by atoms with van der Waals surface area (Å²) in [7, 11) is 0. The van der Waals surface area contributed by atoms with E-state index in [1.54, 1.807) is 17.2 Å². The number of rotatable bonds is 3. The maximum absolute atomic E-state index is 16.2. The van der Waals surface area contributed by atoms with Gasteiger partial charge in [-0.15, -0.1) is 11.8 Å². The number of anilines is 2. The molecule has 2 bridgehead atoms. The molecule has 13 heteroatoms. The van der Waals surface area contributed by atoms with E-state index >= 15 is 8.78 Å². The summed E-state index contributed by atoms with van der Waals surface area (Å²) < 4.78 is 33.1. The SMILES string of the molecule is C=CC(=O)N1CCN(c2nc(=O)n3c4nc(c(F)cc24)-c2c(F)cccc2NC(=O)CCSc2ccnc(C(C)C)c2-3)[C@@H]2CC21. The average Bonchev–Trinajstić information content (AvgIpc) is 3.81. The topological polar surface area (TPSA) is 113 Å². The number of piperazine rings is 1. The van der Waals surface area contributed by atoms with Crippen LogP contribution in [-0.2, 0) is 9.59 Å². The first-order valence-electron chi connectivity index (χ1n) is 14.7. The van der Waals surface area contributed by atoms with Crippen LogP contribution in [0.25, 0.3) is 28.0 Å². The van der Waals surface area contributed by atoms with Gasteiger partial charge in [0.25, 0.3) is 0 Å². The van der Waals surface area contributed by atoms with Gasteiger partial charge >= 0.3 is 5.69 Å². The standard InChI is InChI=1S/C32H29F2N7O3S/c1-4-25(43)39-11-12-40(22-15-21(22)39)30-17-14-19(34)28-26-18(33)6-5-7-20(26)36-24(42)9-13-45-23-8-10-35-27(16(2)3)29(23)41(31(17)37-28)32(44)38-30/h4-8,10,14,16,21-22H,1,9,11-13,15H2,2-3H3,(H,36,42)/t21?,22-/m1/s1. The van der Waals surface area contributed by atoms with E-state index in [2.05, 4.69) is 26.8 Å². The molecule has 3 aromatic heterocycles. The summed E-state index contributed by atoms with van der Waals surface area (Å²) >= 11 is 1.37. The highest BCUT2D eigenvalue weighted by molar-refractivity contribution is 7.99. The van der Waals surface area contributed by atoms with E-state index in [1.165, 1.54) is 46.7 Å². The van der Waals surface area contributed by atoms with Crippen LogP contribution in [0.3, 0.4) is 0 Å². The average molecular weight is 630 g/mol. The molecular formula is C32H29F2N7O3S. The van der Waals surface area contributed by atoms with E-state index < -0.39 is 17.3 Å². The minimum Gasteiger partial charge on any atom is -0.349 e. The van der Waals surface area contributed by atoms with E-state index in [0.717, 1.165) is 0 Å². The van der Waals surface area contributed by atoms with Gasteiger partial charge in [0.2, 0.25) is 11.8 Å². The van der Waals surface area contributed by atoms with Crippen molar-refractivity contribution < 1.29 is 18.4 Å². The van der Waals surface area contributed by atoms with Gasteiger partial charge in [-0.05, 0) is 42.7 Å². The zero-order chi connectivity index (χ0) is 31.6. The number of aromatic nitrogens is 4. The van der Waals surface area contributed by atoms with E-state index in [1.807, 2.05) is 18.7 Å². The molecule has 2 fully saturated rings. The second-order valence-corrected chi connectivity index (χ2v) is 12.7. The smallest absolute Gasteiger partial charge is 0.349 e. The molecule has 0 spiro atoms. The summed E-state index contributed by atoms with van der Waals surface area (Å²) in [6, 6.07) is 6.88. The molecule has 1 N–H and O–H groups in total. The predicted octanol–water partition coefficient (Wildman–Crippen LogP) is 4.65. The Morgan fingerprint density at radius 1 is 1.13 bits per heavy atom. The lowest BCUT2D eigenvalue weighted by Crippen LogP contribution is -2.49. The zero-order valence-corrected chi connectivity index (χ0v) is 25.4. The van der Waals surface area contributed by atoms with Crippen molar-refractivity contribution in [2.75, 3.05) is 29.1 Å². The Balaban J connectivity index is 1.54. The highest BCUT2D eigenvalue weighted by Crippen LogP contribution is 2.43. The first-order chi connectivity index (χ1) is 21.7. The van der Waals surface area contributed by atoms with Gasteiger partial charge in [-0.3, -0.25) is 14.6 Å². The van der Waals surface area contributed by atoms with Crippen molar-refractivity contribution in [3.8, 4) is 16.9 Å². The molecule has 1 saturated heterocycles. The Labute approximate surface area is 261 Å². The lowest BCUT2D eigenvalue weighted by Gasteiger charge is -2.35. The van der Waals surface area contributed by atoms with Crippen LogP contribution in [0.2, 0.25) is 0 Å². The third-order valence-electron chi connectivity index (χ3n) is 8.43. The Hall–Kier alpha value is -4.65. The molecule has 1 aliphatic carbocycles. The number of carbonyl (C=O) groups is 2. The molecule has 7 rings (SSSR count). The highest BCUT2D eigenvalue weighted by atomic mass is 32.2.